The summed E-state index contributed by atoms with van der Waals surface area (Å²) in [7, 11) is 0. The van der Waals surface area contributed by atoms with Gasteiger partial charge in [0.05, 0.1) is 5.41 Å². The molecule has 5 heteroatoms. The molecule has 1 saturated heterocycles. The number of amides is 2. The Morgan fingerprint density at radius 1 is 1.30 bits per heavy atom. The number of carbonyl (C=O) groups is 2. The first kappa shape index (κ1) is 13.1. The number of benzene rings is 1. The van der Waals surface area contributed by atoms with Crippen LogP contribution in [0.5, 0.6) is 0 Å². The lowest BCUT2D eigenvalue weighted by Gasteiger charge is -2.21. The lowest BCUT2D eigenvalue weighted by Crippen LogP contribution is -2.38. The smallest absolute Gasteiger partial charge is 0.253 e. The third-order valence-corrected chi connectivity index (χ3v) is 4.44. The summed E-state index contributed by atoms with van der Waals surface area (Å²) in [6, 6.07) is 5.83. The van der Waals surface area contributed by atoms with Crippen LogP contribution in [0.3, 0.4) is 0 Å². The molecule has 1 atom stereocenters. The van der Waals surface area contributed by atoms with Crippen molar-refractivity contribution in [3.8, 4) is 0 Å². The first-order valence-corrected chi connectivity index (χ1v) is 6.91. The van der Waals surface area contributed by atoms with Crippen LogP contribution in [0.4, 0.5) is 0 Å². The molecule has 0 spiro atoms. The standard InChI is InChI=1S/C15H19N3O2/c1-15(14(16)20)4-5-18(9-15)13(19)10-2-3-11-7-17-8-12(11)6-10/h2-3,6,17H,4-5,7-9H2,1H3,(H2,16,20). The highest BCUT2D eigenvalue weighted by molar-refractivity contribution is 5.95. The molecule has 0 aromatic heterocycles. The van der Waals surface area contributed by atoms with Gasteiger partial charge in [0.15, 0.2) is 0 Å². The van der Waals surface area contributed by atoms with Crippen molar-refractivity contribution in [2.45, 2.75) is 26.4 Å². The van der Waals surface area contributed by atoms with Crippen molar-refractivity contribution >= 4 is 11.8 Å². The number of nitrogens with one attached hydrogen (secondary N) is 1. The Labute approximate surface area is 118 Å². The van der Waals surface area contributed by atoms with Gasteiger partial charge in [-0.3, -0.25) is 9.59 Å². The number of rotatable bonds is 2. The molecular formula is C15H19N3O2. The van der Waals surface area contributed by atoms with Gasteiger partial charge in [0.25, 0.3) is 5.91 Å². The first-order valence-electron chi connectivity index (χ1n) is 6.91. The van der Waals surface area contributed by atoms with Gasteiger partial charge in [-0.15, -0.1) is 0 Å². The number of nitrogens with two attached hydrogens (primary N) is 1. The van der Waals surface area contributed by atoms with Gasteiger partial charge >= 0.3 is 0 Å². The monoisotopic (exact) mass is 273 g/mol. The van der Waals surface area contributed by atoms with Crippen molar-refractivity contribution in [3.05, 3.63) is 34.9 Å². The van der Waals surface area contributed by atoms with E-state index < -0.39 is 5.41 Å². The maximum absolute atomic E-state index is 12.5. The summed E-state index contributed by atoms with van der Waals surface area (Å²) in [6.45, 7) is 4.52. The summed E-state index contributed by atoms with van der Waals surface area (Å²) >= 11 is 0. The lowest BCUT2D eigenvalue weighted by molar-refractivity contribution is -0.126. The molecule has 3 rings (SSSR count). The second-order valence-electron chi connectivity index (χ2n) is 5.99. The Morgan fingerprint density at radius 2 is 2.05 bits per heavy atom. The van der Waals surface area contributed by atoms with E-state index in [1.165, 1.54) is 11.1 Å². The summed E-state index contributed by atoms with van der Waals surface area (Å²) in [5.74, 6) is -0.337. The molecule has 1 aromatic rings. The molecular weight excluding hydrogens is 254 g/mol. The molecule has 106 valence electrons. The fraction of sp³-hybridized carbons (Fsp3) is 0.467. The molecule has 0 bridgehead atoms. The van der Waals surface area contributed by atoms with E-state index in [2.05, 4.69) is 5.32 Å². The normalized spacial score (nSPS) is 24.8. The van der Waals surface area contributed by atoms with Crippen molar-refractivity contribution in [2.75, 3.05) is 13.1 Å². The van der Waals surface area contributed by atoms with Gasteiger partial charge in [-0.2, -0.15) is 0 Å². The van der Waals surface area contributed by atoms with Crippen LogP contribution < -0.4 is 11.1 Å². The zero-order chi connectivity index (χ0) is 14.3. The zero-order valence-corrected chi connectivity index (χ0v) is 11.6. The number of hydrogen-bond acceptors (Lipinski definition) is 3. The van der Waals surface area contributed by atoms with E-state index in [4.69, 9.17) is 5.73 Å². The number of likely N-dealkylation sites (tertiary alicyclic amines) is 1. The summed E-state index contributed by atoms with van der Waals surface area (Å²) in [5.41, 5.74) is 7.97. The molecule has 2 aliphatic heterocycles. The summed E-state index contributed by atoms with van der Waals surface area (Å²) in [6.07, 6.45) is 0.639. The quantitative estimate of drug-likeness (QED) is 0.829. The van der Waals surface area contributed by atoms with Gasteiger partial charge < -0.3 is 16.0 Å². The molecule has 2 heterocycles. The maximum atomic E-state index is 12.5. The van der Waals surface area contributed by atoms with E-state index >= 15 is 0 Å². The Kier molecular flexibility index (Phi) is 3.01. The topological polar surface area (TPSA) is 75.4 Å². The first-order chi connectivity index (χ1) is 9.49. The fourth-order valence-corrected chi connectivity index (χ4v) is 2.95. The Bertz CT molecular complexity index is 584. The minimum Gasteiger partial charge on any atom is -0.369 e. The van der Waals surface area contributed by atoms with Gasteiger partial charge in [-0.1, -0.05) is 6.07 Å². The van der Waals surface area contributed by atoms with Crippen molar-refractivity contribution in [1.82, 2.24) is 10.2 Å². The lowest BCUT2D eigenvalue weighted by atomic mass is 9.89. The molecule has 0 saturated carbocycles. The van der Waals surface area contributed by atoms with E-state index in [-0.39, 0.29) is 11.8 Å². The number of primary amides is 1. The van der Waals surface area contributed by atoms with Crippen LogP contribution in [0, 0.1) is 5.41 Å². The van der Waals surface area contributed by atoms with E-state index in [1.54, 1.807) is 4.90 Å². The highest BCUT2D eigenvalue weighted by Crippen LogP contribution is 2.30. The summed E-state index contributed by atoms with van der Waals surface area (Å²) < 4.78 is 0. The third kappa shape index (κ3) is 2.08. The second kappa shape index (κ2) is 4.59. The highest BCUT2D eigenvalue weighted by Gasteiger charge is 2.40. The van der Waals surface area contributed by atoms with Crippen LogP contribution >= 0.6 is 0 Å². The van der Waals surface area contributed by atoms with Crippen molar-refractivity contribution in [3.63, 3.8) is 0 Å². The maximum Gasteiger partial charge on any atom is 0.253 e. The molecule has 2 amide bonds. The zero-order valence-electron chi connectivity index (χ0n) is 11.6. The second-order valence-corrected chi connectivity index (χ2v) is 5.99. The molecule has 2 aliphatic rings. The highest BCUT2D eigenvalue weighted by atomic mass is 16.2. The van der Waals surface area contributed by atoms with Crippen LogP contribution in [-0.4, -0.2) is 29.8 Å². The Hall–Kier alpha value is -1.88. The van der Waals surface area contributed by atoms with E-state index in [0.717, 1.165) is 13.1 Å². The van der Waals surface area contributed by atoms with Crippen LogP contribution in [-0.2, 0) is 17.9 Å². The molecule has 0 radical (unpaired) electrons. The Morgan fingerprint density at radius 3 is 2.75 bits per heavy atom. The average molecular weight is 273 g/mol. The minimum absolute atomic E-state index is 0.00956. The third-order valence-electron chi connectivity index (χ3n) is 4.44. The van der Waals surface area contributed by atoms with Crippen LogP contribution in [0.2, 0.25) is 0 Å². The SMILES string of the molecule is CC1(C(N)=O)CCN(C(=O)c2ccc3c(c2)CNC3)C1. The van der Waals surface area contributed by atoms with Gasteiger partial charge in [0.2, 0.25) is 5.91 Å². The van der Waals surface area contributed by atoms with Crippen LogP contribution in [0.1, 0.15) is 34.8 Å². The largest absolute Gasteiger partial charge is 0.369 e. The Balaban J connectivity index is 1.79. The summed E-state index contributed by atoms with van der Waals surface area (Å²) in [4.78, 5) is 25.7. The number of hydrogen-bond donors (Lipinski definition) is 2. The van der Waals surface area contributed by atoms with Crippen molar-refractivity contribution in [2.24, 2.45) is 11.1 Å². The van der Waals surface area contributed by atoms with Crippen molar-refractivity contribution in [1.29, 1.82) is 0 Å². The fourth-order valence-electron chi connectivity index (χ4n) is 2.95. The molecule has 3 N–H and O–H groups in total. The number of nitrogens with zero attached hydrogens (tertiary/aromatic N) is 1. The van der Waals surface area contributed by atoms with Gasteiger partial charge in [0.1, 0.15) is 0 Å². The van der Waals surface area contributed by atoms with E-state index in [0.29, 0.717) is 25.1 Å². The molecule has 1 unspecified atom stereocenters. The van der Waals surface area contributed by atoms with E-state index in [1.807, 2.05) is 25.1 Å². The molecule has 0 aliphatic carbocycles. The molecule has 5 nitrogen and oxygen atoms in total. The van der Waals surface area contributed by atoms with Gasteiger partial charge in [0, 0.05) is 31.7 Å². The predicted molar refractivity (Wildman–Crippen MR) is 74.8 cm³/mol. The molecule has 20 heavy (non-hydrogen) atoms. The summed E-state index contributed by atoms with van der Waals surface area (Å²) in [5, 5.41) is 3.27. The average Bonchev–Trinajstić information content (AvgIpc) is 3.04. The number of fused-ring (bicyclic) bond motifs is 1. The molecule has 1 aromatic carbocycles. The predicted octanol–water partition coefficient (Wildman–Crippen LogP) is 0.627. The van der Waals surface area contributed by atoms with E-state index in [9.17, 15) is 9.59 Å². The van der Waals surface area contributed by atoms with Gasteiger partial charge in [-0.25, -0.2) is 0 Å². The van der Waals surface area contributed by atoms with Crippen molar-refractivity contribution < 1.29 is 9.59 Å². The number of carbonyl (C=O) groups excluding carboxylic acids is 2. The minimum atomic E-state index is -0.589. The van der Waals surface area contributed by atoms with Crippen LogP contribution in [0.25, 0.3) is 0 Å². The van der Waals surface area contributed by atoms with Gasteiger partial charge in [-0.05, 0) is 36.6 Å². The van der Waals surface area contributed by atoms with Crippen LogP contribution in [0.15, 0.2) is 18.2 Å². The molecule has 1 fully saturated rings.